The van der Waals surface area contributed by atoms with Gasteiger partial charge in [-0.1, -0.05) is 20.8 Å². The van der Waals surface area contributed by atoms with Crippen LogP contribution >= 0.6 is 22.6 Å². The molecule has 2 rings (SSSR count). The van der Waals surface area contributed by atoms with Crippen LogP contribution in [0.2, 0.25) is 18.1 Å². The summed E-state index contributed by atoms with van der Waals surface area (Å²) in [7, 11) is 0.101. The Labute approximate surface area is 225 Å². The number of halogens is 1. The van der Waals surface area contributed by atoms with Crippen molar-refractivity contribution in [2.45, 2.75) is 97.4 Å². The van der Waals surface area contributed by atoms with Crippen molar-refractivity contribution in [1.29, 1.82) is 0 Å². The first-order valence-electron chi connectivity index (χ1n) is 12.3. The van der Waals surface area contributed by atoms with Gasteiger partial charge in [0, 0.05) is 13.1 Å². The van der Waals surface area contributed by atoms with Crippen molar-refractivity contribution < 1.29 is 23.8 Å². The molecule has 1 aliphatic heterocycles. The molecule has 35 heavy (non-hydrogen) atoms. The highest BCUT2D eigenvalue weighted by Gasteiger charge is 2.39. The monoisotopic (exact) mass is 624 g/mol. The minimum absolute atomic E-state index is 0.143. The standard InChI is InChI=1S/C24H45IN4O5Si/c1-11-32-21-20(25)18(29(26-21)12-13-33-35(9,10)24(5,6)7)14-27(8)17-15-28(16-19(17)30)22(31)34-23(2,3)4/h17,19,30H,11-16H2,1-10H3/t17-,19-/m0/s1. The molecule has 1 N–H and O–H groups in total. The number of β-amino-alcohol motifs (C(OH)–C–C–N with tert-alkyl or cyclic N) is 1. The molecule has 0 unspecified atom stereocenters. The first-order valence-corrected chi connectivity index (χ1v) is 16.3. The second-order valence-corrected chi connectivity index (χ2v) is 17.7. The van der Waals surface area contributed by atoms with Gasteiger partial charge in [0.1, 0.15) is 5.60 Å². The number of ether oxygens (including phenoxy) is 2. The van der Waals surface area contributed by atoms with Gasteiger partial charge in [-0.3, -0.25) is 9.58 Å². The summed E-state index contributed by atoms with van der Waals surface area (Å²) >= 11 is 2.28. The van der Waals surface area contributed by atoms with Crippen LogP contribution in [0.5, 0.6) is 5.88 Å². The van der Waals surface area contributed by atoms with Gasteiger partial charge in [0.25, 0.3) is 0 Å². The van der Waals surface area contributed by atoms with Crippen molar-refractivity contribution in [3.05, 3.63) is 9.26 Å². The van der Waals surface area contributed by atoms with Crippen LogP contribution in [-0.2, 0) is 22.3 Å². The van der Waals surface area contributed by atoms with Crippen molar-refractivity contribution in [2.24, 2.45) is 0 Å². The third-order valence-electron chi connectivity index (χ3n) is 6.69. The van der Waals surface area contributed by atoms with Crippen LogP contribution < -0.4 is 4.74 Å². The predicted octanol–water partition coefficient (Wildman–Crippen LogP) is 4.32. The zero-order chi connectivity index (χ0) is 26.8. The summed E-state index contributed by atoms with van der Waals surface area (Å²) < 4.78 is 20.6. The van der Waals surface area contributed by atoms with Crippen LogP contribution in [0, 0.1) is 3.57 Å². The van der Waals surface area contributed by atoms with Crippen molar-refractivity contribution >= 4 is 37.0 Å². The largest absolute Gasteiger partial charge is 0.476 e. The molecule has 0 saturated carbocycles. The molecule has 1 fully saturated rings. The van der Waals surface area contributed by atoms with Crippen LogP contribution in [0.3, 0.4) is 0 Å². The molecule has 11 heteroatoms. The average Bonchev–Trinajstić information content (AvgIpc) is 3.22. The van der Waals surface area contributed by atoms with Gasteiger partial charge < -0.3 is 23.9 Å². The Morgan fingerprint density at radius 1 is 1.23 bits per heavy atom. The Balaban J connectivity index is 2.14. The Kier molecular flexibility index (Phi) is 10.1. The summed E-state index contributed by atoms with van der Waals surface area (Å²) in [5, 5.41) is 15.6. The summed E-state index contributed by atoms with van der Waals surface area (Å²) in [5.41, 5.74) is 0.440. The maximum absolute atomic E-state index is 12.5. The lowest BCUT2D eigenvalue weighted by atomic mass is 10.2. The number of aliphatic hydroxyl groups excluding tert-OH is 1. The van der Waals surface area contributed by atoms with Gasteiger partial charge >= 0.3 is 6.09 Å². The van der Waals surface area contributed by atoms with Gasteiger partial charge in [-0.2, -0.15) is 0 Å². The van der Waals surface area contributed by atoms with Crippen molar-refractivity contribution in [2.75, 3.05) is 33.4 Å². The van der Waals surface area contributed by atoms with E-state index in [2.05, 4.69) is 61.4 Å². The lowest BCUT2D eigenvalue weighted by Crippen LogP contribution is -2.42. The second kappa shape index (κ2) is 11.7. The second-order valence-electron chi connectivity index (χ2n) is 11.8. The first kappa shape index (κ1) is 30.3. The highest BCUT2D eigenvalue weighted by Crippen LogP contribution is 2.36. The van der Waals surface area contributed by atoms with E-state index in [1.165, 1.54) is 0 Å². The quantitative estimate of drug-likeness (QED) is 0.324. The fraction of sp³-hybridized carbons (Fsp3) is 0.833. The maximum Gasteiger partial charge on any atom is 0.410 e. The molecule has 1 aromatic heterocycles. The lowest BCUT2D eigenvalue weighted by Gasteiger charge is -2.36. The van der Waals surface area contributed by atoms with Crippen LogP contribution in [0.25, 0.3) is 0 Å². The number of aliphatic hydroxyl groups is 1. The van der Waals surface area contributed by atoms with Crippen LogP contribution in [-0.4, -0.2) is 90.2 Å². The maximum atomic E-state index is 12.5. The number of aromatic nitrogens is 2. The molecule has 9 nitrogen and oxygen atoms in total. The van der Waals surface area contributed by atoms with E-state index in [0.717, 1.165) is 9.26 Å². The van der Waals surface area contributed by atoms with E-state index in [-0.39, 0.29) is 17.6 Å². The minimum atomic E-state index is -1.86. The Bertz CT molecular complexity index is 865. The number of amides is 1. The molecule has 1 aromatic rings. The summed E-state index contributed by atoms with van der Waals surface area (Å²) in [6.45, 7) is 21.6. The molecule has 0 aliphatic carbocycles. The molecule has 1 aliphatic rings. The number of hydrogen-bond donors (Lipinski definition) is 1. The third-order valence-corrected chi connectivity index (χ3v) is 12.3. The molecule has 202 valence electrons. The normalized spacial score (nSPS) is 19.5. The summed E-state index contributed by atoms with van der Waals surface area (Å²) in [5.74, 6) is 0.617. The molecule has 0 spiro atoms. The highest BCUT2D eigenvalue weighted by molar-refractivity contribution is 14.1. The van der Waals surface area contributed by atoms with Crippen molar-refractivity contribution in [1.82, 2.24) is 19.6 Å². The van der Waals surface area contributed by atoms with Gasteiger partial charge in [-0.25, -0.2) is 4.79 Å². The zero-order valence-corrected chi connectivity index (χ0v) is 26.3. The minimum Gasteiger partial charge on any atom is -0.476 e. The van der Waals surface area contributed by atoms with Gasteiger partial charge in [-0.05, 0) is 75.5 Å². The Hall–Kier alpha value is -0.893. The van der Waals surface area contributed by atoms with Gasteiger partial charge in [0.05, 0.1) is 47.7 Å². The van der Waals surface area contributed by atoms with E-state index < -0.39 is 26.1 Å². The Morgan fingerprint density at radius 2 is 1.86 bits per heavy atom. The van der Waals surface area contributed by atoms with Gasteiger partial charge in [0.2, 0.25) is 5.88 Å². The Morgan fingerprint density at radius 3 is 2.40 bits per heavy atom. The topological polar surface area (TPSA) is 89.3 Å². The fourth-order valence-corrected chi connectivity index (χ4v) is 5.40. The van der Waals surface area contributed by atoms with Gasteiger partial charge in [-0.15, -0.1) is 5.10 Å². The number of likely N-dealkylation sites (N-methyl/N-ethyl adjacent to an activating group) is 1. The fourth-order valence-electron chi connectivity index (χ4n) is 3.65. The molecule has 2 heterocycles. The number of carbonyl (C=O) groups is 1. The molecule has 1 amide bonds. The SMILES string of the molecule is CCOc1nn(CCO[Si](C)(C)C(C)(C)C)c(CN(C)[C@H]2CN(C(=O)OC(C)(C)C)C[C@@H]2O)c1I. The van der Waals surface area contributed by atoms with E-state index in [9.17, 15) is 9.90 Å². The average molecular weight is 625 g/mol. The van der Waals surface area contributed by atoms with Crippen LogP contribution in [0.4, 0.5) is 4.79 Å². The van der Waals surface area contributed by atoms with E-state index in [4.69, 9.17) is 19.0 Å². The van der Waals surface area contributed by atoms with Crippen molar-refractivity contribution in [3.63, 3.8) is 0 Å². The van der Waals surface area contributed by atoms with Crippen molar-refractivity contribution in [3.8, 4) is 5.88 Å². The smallest absolute Gasteiger partial charge is 0.410 e. The van der Waals surface area contributed by atoms with Gasteiger partial charge in [0.15, 0.2) is 8.32 Å². The third kappa shape index (κ3) is 8.04. The van der Waals surface area contributed by atoms with E-state index >= 15 is 0 Å². The number of nitrogens with zero attached hydrogens (tertiary/aromatic N) is 4. The molecule has 0 radical (unpaired) electrons. The summed E-state index contributed by atoms with van der Waals surface area (Å²) in [4.78, 5) is 16.2. The lowest BCUT2D eigenvalue weighted by molar-refractivity contribution is 0.0269. The summed E-state index contributed by atoms with van der Waals surface area (Å²) in [6, 6.07) is -0.208. The molecular formula is C24H45IN4O5Si. The summed E-state index contributed by atoms with van der Waals surface area (Å²) in [6.07, 6.45) is -1.05. The van der Waals surface area contributed by atoms with Crippen LogP contribution in [0.1, 0.15) is 54.2 Å². The highest BCUT2D eigenvalue weighted by atomic mass is 127. The van der Waals surface area contributed by atoms with E-state index in [0.29, 0.717) is 38.7 Å². The molecule has 0 bridgehead atoms. The molecule has 1 saturated heterocycles. The van der Waals surface area contributed by atoms with E-state index in [1.807, 2.05) is 39.4 Å². The first-order chi connectivity index (χ1) is 16.0. The number of rotatable bonds is 9. The molecule has 2 atom stereocenters. The number of hydrogen-bond acceptors (Lipinski definition) is 7. The number of carbonyl (C=O) groups excluding carboxylic acids is 1. The molecule has 0 aromatic carbocycles. The number of likely N-dealkylation sites (tertiary alicyclic amines) is 1. The predicted molar refractivity (Wildman–Crippen MR) is 148 cm³/mol. The van der Waals surface area contributed by atoms with Crippen LogP contribution in [0.15, 0.2) is 0 Å². The zero-order valence-electron chi connectivity index (χ0n) is 23.1. The van der Waals surface area contributed by atoms with E-state index in [1.54, 1.807) is 4.90 Å². The molecular weight excluding hydrogens is 579 g/mol.